The third kappa shape index (κ3) is 7.17. The Hall–Kier alpha value is -5.16. The fraction of sp³-hybridized carbons (Fsp3) is 0.419. The predicted octanol–water partition coefficient (Wildman–Crippen LogP) is 6.00. The van der Waals surface area contributed by atoms with Gasteiger partial charge in [0.25, 0.3) is 17.6 Å². The van der Waals surface area contributed by atoms with Crippen LogP contribution in [0.25, 0.3) is 17.1 Å². The number of halogens is 6. The van der Waals surface area contributed by atoms with Crippen molar-refractivity contribution in [3.05, 3.63) is 65.5 Å². The Morgan fingerprint density at radius 3 is 2.41 bits per heavy atom. The number of aromatic nitrogens is 5. The van der Waals surface area contributed by atoms with Gasteiger partial charge >= 0.3 is 18.3 Å². The maximum absolute atomic E-state index is 15.9. The molecule has 49 heavy (non-hydrogen) atoms. The standard InChI is InChI=1S/C31H30F6N8O4/c1-29(2,3)49-28(47)39-22-14-30(33,34)20-13-21(32)19(24-40-41-27(48-24)43-10-4-5-11-43)12-23(20)44(25(22)46)15-17-6-8-18(9-7-17)45-16-38-26(42-45)31(35,36)37/h6-9,12-13,16,22H,4-5,10-11,14-15H2,1-3H3,(H,39,47)/t22-/m1/s1. The first-order valence-electron chi connectivity index (χ1n) is 15.2. The highest BCUT2D eigenvalue weighted by Crippen LogP contribution is 2.45. The van der Waals surface area contributed by atoms with Crippen LogP contribution in [-0.2, 0) is 28.2 Å². The van der Waals surface area contributed by atoms with Gasteiger partial charge < -0.3 is 24.3 Å². The van der Waals surface area contributed by atoms with Crippen LogP contribution in [0, 0.1) is 5.82 Å². The van der Waals surface area contributed by atoms with Crippen molar-refractivity contribution in [1.82, 2.24) is 30.3 Å². The first kappa shape index (κ1) is 33.7. The molecule has 260 valence electrons. The molecule has 1 atom stereocenters. The number of rotatable bonds is 6. The van der Waals surface area contributed by atoms with Gasteiger partial charge in [-0.15, -0.1) is 10.2 Å². The van der Waals surface area contributed by atoms with Crippen molar-refractivity contribution in [1.29, 1.82) is 0 Å². The quantitative estimate of drug-likeness (QED) is 0.242. The first-order valence-corrected chi connectivity index (χ1v) is 15.2. The van der Waals surface area contributed by atoms with Crippen molar-refractivity contribution in [3.63, 3.8) is 0 Å². The monoisotopic (exact) mass is 692 g/mol. The molecule has 2 aromatic carbocycles. The number of amides is 2. The topological polar surface area (TPSA) is 132 Å². The number of nitrogens with one attached hydrogen (secondary N) is 1. The molecule has 0 radical (unpaired) electrons. The molecule has 0 aliphatic carbocycles. The molecule has 2 aromatic heterocycles. The number of carbonyl (C=O) groups is 2. The van der Waals surface area contributed by atoms with Gasteiger partial charge in [-0.05, 0) is 63.4 Å². The fourth-order valence-corrected chi connectivity index (χ4v) is 5.54. The predicted molar refractivity (Wildman–Crippen MR) is 160 cm³/mol. The summed E-state index contributed by atoms with van der Waals surface area (Å²) in [6.45, 7) is 5.60. The van der Waals surface area contributed by atoms with E-state index in [1.807, 2.05) is 4.90 Å². The second kappa shape index (κ2) is 12.4. The highest BCUT2D eigenvalue weighted by molar-refractivity contribution is 6.00. The molecule has 2 aliphatic heterocycles. The average molecular weight is 693 g/mol. The first-order chi connectivity index (χ1) is 23.0. The summed E-state index contributed by atoms with van der Waals surface area (Å²) >= 11 is 0. The van der Waals surface area contributed by atoms with Crippen molar-refractivity contribution in [3.8, 4) is 17.1 Å². The number of alkyl carbamates (subject to hydrolysis) is 1. The summed E-state index contributed by atoms with van der Waals surface area (Å²) in [5, 5.41) is 13.6. The lowest BCUT2D eigenvalue weighted by atomic mass is 9.99. The molecule has 6 rings (SSSR count). The number of carbonyl (C=O) groups excluding carboxylic acids is 2. The van der Waals surface area contributed by atoms with Gasteiger partial charge in [0.2, 0.25) is 5.91 Å². The van der Waals surface area contributed by atoms with Crippen LogP contribution >= 0.6 is 0 Å². The molecule has 18 heteroatoms. The zero-order valence-electron chi connectivity index (χ0n) is 26.4. The van der Waals surface area contributed by atoms with Gasteiger partial charge in [0.05, 0.1) is 23.5 Å². The van der Waals surface area contributed by atoms with E-state index in [1.54, 1.807) is 20.8 Å². The number of ether oxygens (including phenoxy) is 1. The lowest BCUT2D eigenvalue weighted by molar-refractivity contribution is -0.144. The third-order valence-corrected chi connectivity index (χ3v) is 7.79. The molecule has 1 saturated heterocycles. The molecule has 0 unspecified atom stereocenters. The average Bonchev–Trinajstić information content (AvgIpc) is 3.79. The van der Waals surface area contributed by atoms with Crippen LogP contribution in [0.4, 0.5) is 42.8 Å². The lowest BCUT2D eigenvalue weighted by Crippen LogP contribution is -2.49. The Kier molecular flexibility index (Phi) is 8.52. The SMILES string of the molecule is CC(C)(C)OC(=O)N[C@@H]1CC(F)(F)c2cc(F)c(-c3nnc(N4CCCC4)o3)cc2N(Cc2ccc(-n3cnc(C(F)(F)F)n3)cc2)C1=O. The molecule has 1 N–H and O–H groups in total. The second-order valence-electron chi connectivity index (χ2n) is 12.6. The normalized spacial score (nSPS) is 18.0. The summed E-state index contributed by atoms with van der Waals surface area (Å²) in [6.07, 6.45) is -4.42. The summed E-state index contributed by atoms with van der Waals surface area (Å²) in [5.74, 6) is -7.51. The van der Waals surface area contributed by atoms with Gasteiger partial charge in [0, 0.05) is 25.1 Å². The minimum Gasteiger partial charge on any atom is -0.444 e. The van der Waals surface area contributed by atoms with Crippen LogP contribution < -0.4 is 15.1 Å². The molecule has 4 heterocycles. The molecule has 2 aliphatic rings. The van der Waals surface area contributed by atoms with Crippen molar-refractivity contribution >= 4 is 23.7 Å². The number of fused-ring (bicyclic) bond motifs is 1. The van der Waals surface area contributed by atoms with Crippen LogP contribution in [0.1, 0.15) is 57.0 Å². The number of benzene rings is 2. The number of hydrogen-bond donors (Lipinski definition) is 1. The summed E-state index contributed by atoms with van der Waals surface area (Å²) in [5.41, 5.74) is -2.00. The molecule has 0 bridgehead atoms. The zero-order chi connectivity index (χ0) is 35.3. The van der Waals surface area contributed by atoms with E-state index < -0.39 is 59.4 Å². The van der Waals surface area contributed by atoms with Crippen molar-refractivity contribution in [2.24, 2.45) is 0 Å². The molecule has 2 amide bonds. The van der Waals surface area contributed by atoms with Crippen molar-refractivity contribution in [2.45, 2.75) is 70.3 Å². The maximum Gasteiger partial charge on any atom is 0.453 e. The van der Waals surface area contributed by atoms with Crippen LogP contribution in [0.3, 0.4) is 0 Å². The van der Waals surface area contributed by atoms with E-state index in [4.69, 9.17) is 9.15 Å². The number of anilines is 2. The van der Waals surface area contributed by atoms with E-state index in [9.17, 15) is 22.8 Å². The van der Waals surface area contributed by atoms with Crippen LogP contribution in [0.15, 0.2) is 47.1 Å². The van der Waals surface area contributed by atoms with Crippen molar-refractivity contribution in [2.75, 3.05) is 22.9 Å². The Balaban J connectivity index is 1.38. The third-order valence-electron chi connectivity index (χ3n) is 7.79. The van der Waals surface area contributed by atoms with Gasteiger partial charge in [0.15, 0.2) is 0 Å². The molecular formula is C31H30F6N8O4. The second-order valence-corrected chi connectivity index (χ2v) is 12.6. The molecule has 12 nitrogen and oxygen atoms in total. The van der Waals surface area contributed by atoms with Gasteiger partial charge in [-0.2, -0.15) is 13.2 Å². The number of nitrogens with zero attached hydrogens (tertiary/aromatic N) is 7. The Labute approximate surface area is 275 Å². The lowest BCUT2D eigenvalue weighted by Gasteiger charge is -2.27. The summed E-state index contributed by atoms with van der Waals surface area (Å²) in [6, 6.07) is 5.64. The van der Waals surface area contributed by atoms with Gasteiger partial charge in [-0.3, -0.25) is 4.79 Å². The molecule has 0 spiro atoms. The minimum atomic E-state index is -4.76. The number of hydrogen-bond acceptors (Lipinski definition) is 9. The van der Waals surface area contributed by atoms with Crippen molar-refractivity contribution < 1.29 is 45.1 Å². The number of alkyl halides is 5. The Morgan fingerprint density at radius 2 is 1.78 bits per heavy atom. The van der Waals surface area contributed by atoms with E-state index in [1.165, 1.54) is 24.3 Å². The maximum atomic E-state index is 15.9. The Bertz CT molecular complexity index is 1860. The van der Waals surface area contributed by atoms with Crippen LogP contribution in [0.2, 0.25) is 0 Å². The van der Waals surface area contributed by atoms with E-state index in [-0.39, 0.29) is 35.4 Å². The minimum absolute atomic E-state index is 0.136. The van der Waals surface area contributed by atoms with E-state index in [0.717, 1.165) is 34.8 Å². The highest BCUT2D eigenvalue weighted by atomic mass is 19.4. The summed E-state index contributed by atoms with van der Waals surface area (Å²) in [7, 11) is 0. The highest BCUT2D eigenvalue weighted by Gasteiger charge is 2.47. The van der Waals surface area contributed by atoms with Gasteiger partial charge in [-0.1, -0.05) is 17.2 Å². The van der Waals surface area contributed by atoms with Gasteiger partial charge in [-0.25, -0.2) is 27.6 Å². The summed E-state index contributed by atoms with van der Waals surface area (Å²) < 4.78 is 98.3. The largest absolute Gasteiger partial charge is 0.453 e. The smallest absolute Gasteiger partial charge is 0.444 e. The van der Waals surface area contributed by atoms with Gasteiger partial charge in [0.1, 0.15) is 23.8 Å². The van der Waals surface area contributed by atoms with E-state index in [0.29, 0.717) is 24.7 Å². The van der Waals surface area contributed by atoms with E-state index in [2.05, 4.69) is 25.6 Å². The Morgan fingerprint density at radius 1 is 1.08 bits per heavy atom. The molecule has 4 aromatic rings. The summed E-state index contributed by atoms with van der Waals surface area (Å²) in [4.78, 5) is 32.7. The fourth-order valence-electron chi connectivity index (χ4n) is 5.54. The van der Waals surface area contributed by atoms with Crippen LogP contribution in [0.5, 0.6) is 0 Å². The van der Waals surface area contributed by atoms with E-state index >= 15 is 13.2 Å². The zero-order valence-corrected chi connectivity index (χ0v) is 26.4. The van der Waals surface area contributed by atoms with Crippen LogP contribution in [-0.4, -0.2) is 61.7 Å². The molecular weight excluding hydrogens is 662 g/mol. The molecule has 1 fully saturated rings. The molecule has 0 saturated carbocycles.